The molecule has 1 atom stereocenters. The minimum atomic E-state index is -3.82. The van der Waals surface area contributed by atoms with Crippen LogP contribution >= 0.6 is 0 Å². The number of rotatable bonds is 11. The molecule has 1 aliphatic heterocycles. The van der Waals surface area contributed by atoms with E-state index in [1.54, 1.807) is 12.1 Å². The summed E-state index contributed by atoms with van der Waals surface area (Å²) in [5.74, 6) is 0.417. The van der Waals surface area contributed by atoms with Crippen LogP contribution in [-0.2, 0) is 26.2 Å². The van der Waals surface area contributed by atoms with Crippen LogP contribution < -0.4 is 19.1 Å². The number of hydrogen-bond donors (Lipinski definition) is 1. The fourth-order valence-corrected chi connectivity index (χ4v) is 4.62. The Bertz CT molecular complexity index is 1140. The molecule has 2 aromatic carbocycles. The van der Waals surface area contributed by atoms with E-state index in [-0.39, 0.29) is 30.9 Å². The molecular weight excluding hydrogens is 470 g/mol. The third-order valence-electron chi connectivity index (χ3n) is 5.59. The summed E-state index contributed by atoms with van der Waals surface area (Å²) in [6.07, 6.45) is 1.42. The van der Waals surface area contributed by atoms with Gasteiger partial charge < -0.3 is 19.7 Å². The summed E-state index contributed by atoms with van der Waals surface area (Å²) >= 11 is 0. The Balaban J connectivity index is 1.91. The van der Waals surface area contributed by atoms with Crippen LogP contribution in [-0.4, -0.2) is 57.3 Å². The number of hydrogen-bond acceptors (Lipinski definition) is 6. The first-order valence-electron chi connectivity index (χ1n) is 11.6. The minimum absolute atomic E-state index is 0.0467. The fraction of sp³-hybridized carbons (Fsp3) is 0.440. The standard InChI is InChI=1S/C25H33N3O6S/c1-5-21(25(30)26-14-18(2)3)27(15-19-9-7-6-8-10-19)24(29)16-28(35(4,31)32)20-11-12-22-23(13-20)34-17-33-22/h6-13,18,21H,5,14-17H2,1-4H3,(H,26,30)/t21-/m1/s1. The van der Waals surface area contributed by atoms with Gasteiger partial charge in [0, 0.05) is 19.2 Å². The lowest BCUT2D eigenvalue weighted by Crippen LogP contribution is -2.52. The molecule has 0 aromatic heterocycles. The first kappa shape index (κ1) is 26.3. The Morgan fingerprint density at radius 2 is 1.74 bits per heavy atom. The maximum absolute atomic E-state index is 13.6. The third-order valence-corrected chi connectivity index (χ3v) is 6.73. The van der Waals surface area contributed by atoms with E-state index in [1.165, 1.54) is 11.0 Å². The lowest BCUT2D eigenvalue weighted by atomic mass is 10.1. The topological polar surface area (TPSA) is 105 Å². The van der Waals surface area contributed by atoms with Crippen LogP contribution in [0.2, 0.25) is 0 Å². The predicted octanol–water partition coefficient (Wildman–Crippen LogP) is 2.76. The highest BCUT2D eigenvalue weighted by molar-refractivity contribution is 7.92. The van der Waals surface area contributed by atoms with Crippen molar-refractivity contribution in [1.29, 1.82) is 0 Å². The van der Waals surface area contributed by atoms with Gasteiger partial charge in [-0.1, -0.05) is 51.1 Å². The molecular formula is C25H33N3O6S. The first-order chi connectivity index (χ1) is 16.6. The van der Waals surface area contributed by atoms with Gasteiger partial charge in [0.15, 0.2) is 11.5 Å². The zero-order valence-corrected chi connectivity index (χ0v) is 21.4. The van der Waals surface area contributed by atoms with Crippen LogP contribution in [0.1, 0.15) is 32.8 Å². The van der Waals surface area contributed by atoms with Crippen molar-refractivity contribution in [2.75, 3.05) is 30.4 Å². The summed E-state index contributed by atoms with van der Waals surface area (Å²) in [7, 11) is -3.82. The molecule has 2 amide bonds. The van der Waals surface area contributed by atoms with Crippen molar-refractivity contribution in [3.63, 3.8) is 0 Å². The van der Waals surface area contributed by atoms with E-state index >= 15 is 0 Å². The number of nitrogens with zero attached hydrogens (tertiary/aromatic N) is 2. The molecule has 190 valence electrons. The van der Waals surface area contributed by atoms with Crippen molar-refractivity contribution in [2.24, 2.45) is 5.92 Å². The molecule has 9 nitrogen and oxygen atoms in total. The van der Waals surface area contributed by atoms with E-state index in [0.717, 1.165) is 16.1 Å². The van der Waals surface area contributed by atoms with Gasteiger partial charge in [-0.3, -0.25) is 13.9 Å². The molecule has 35 heavy (non-hydrogen) atoms. The van der Waals surface area contributed by atoms with Crippen LogP contribution in [0.3, 0.4) is 0 Å². The zero-order chi connectivity index (χ0) is 25.6. The molecule has 0 bridgehead atoms. The number of carbonyl (C=O) groups is 2. The van der Waals surface area contributed by atoms with E-state index < -0.39 is 28.5 Å². The average molecular weight is 504 g/mol. The molecule has 10 heteroatoms. The van der Waals surface area contributed by atoms with E-state index in [1.807, 2.05) is 51.1 Å². The molecule has 1 aliphatic rings. The Kier molecular flexibility index (Phi) is 8.61. The highest BCUT2D eigenvalue weighted by atomic mass is 32.2. The molecule has 1 heterocycles. The zero-order valence-electron chi connectivity index (χ0n) is 20.6. The maximum atomic E-state index is 13.6. The van der Waals surface area contributed by atoms with Crippen molar-refractivity contribution >= 4 is 27.5 Å². The van der Waals surface area contributed by atoms with Crippen molar-refractivity contribution in [2.45, 2.75) is 39.8 Å². The van der Waals surface area contributed by atoms with Crippen molar-refractivity contribution in [3.05, 3.63) is 54.1 Å². The Morgan fingerprint density at radius 1 is 1.06 bits per heavy atom. The van der Waals surface area contributed by atoms with Crippen molar-refractivity contribution < 1.29 is 27.5 Å². The van der Waals surface area contributed by atoms with Crippen LogP contribution in [0.25, 0.3) is 0 Å². The quantitative estimate of drug-likeness (QED) is 0.506. The smallest absolute Gasteiger partial charge is 0.244 e. The summed E-state index contributed by atoms with van der Waals surface area (Å²) < 4.78 is 37.1. The molecule has 0 unspecified atom stereocenters. The number of fused-ring (bicyclic) bond motifs is 1. The molecule has 0 radical (unpaired) electrons. The van der Waals surface area contributed by atoms with E-state index in [0.29, 0.717) is 24.5 Å². The largest absolute Gasteiger partial charge is 0.454 e. The summed E-state index contributed by atoms with van der Waals surface area (Å²) in [5.41, 5.74) is 1.12. The van der Waals surface area contributed by atoms with Crippen molar-refractivity contribution in [1.82, 2.24) is 10.2 Å². The molecule has 0 fully saturated rings. The van der Waals surface area contributed by atoms with Crippen LogP contribution in [0.5, 0.6) is 11.5 Å². The van der Waals surface area contributed by atoms with Crippen LogP contribution in [0.15, 0.2) is 48.5 Å². The normalized spacial score (nSPS) is 13.4. The monoisotopic (exact) mass is 503 g/mol. The number of sulfonamides is 1. The SMILES string of the molecule is CC[C@H](C(=O)NCC(C)C)N(Cc1ccccc1)C(=O)CN(c1ccc2c(c1)OCO2)S(C)(=O)=O. The average Bonchev–Trinajstić information content (AvgIpc) is 3.28. The lowest BCUT2D eigenvalue weighted by Gasteiger charge is -2.33. The van der Waals surface area contributed by atoms with E-state index in [4.69, 9.17) is 9.47 Å². The Morgan fingerprint density at radius 3 is 2.37 bits per heavy atom. The highest BCUT2D eigenvalue weighted by Gasteiger charge is 2.32. The number of nitrogens with one attached hydrogen (secondary N) is 1. The molecule has 2 aromatic rings. The number of amides is 2. The second-order valence-corrected chi connectivity index (χ2v) is 10.8. The number of benzene rings is 2. The van der Waals surface area contributed by atoms with Gasteiger partial charge in [0.25, 0.3) is 0 Å². The second-order valence-electron chi connectivity index (χ2n) is 8.88. The number of ether oxygens (including phenoxy) is 2. The maximum Gasteiger partial charge on any atom is 0.244 e. The summed E-state index contributed by atoms with van der Waals surface area (Å²) in [5, 5.41) is 2.90. The first-order valence-corrected chi connectivity index (χ1v) is 13.4. The Labute approximate surface area is 207 Å². The van der Waals surface area contributed by atoms with Crippen molar-refractivity contribution in [3.8, 4) is 11.5 Å². The number of carbonyl (C=O) groups excluding carboxylic acids is 2. The molecule has 0 spiro atoms. The Hall–Kier alpha value is -3.27. The number of anilines is 1. The van der Waals surface area contributed by atoms with Gasteiger partial charge in [-0.05, 0) is 30.0 Å². The lowest BCUT2D eigenvalue weighted by molar-refractivity contribution is -0.140. The molecule has 3 rings (SSSR count). The van der Waals surface area contributed by atoms with Gasteiger partial charge in [-0.2, -0.15) is 0 Å². The van der Waals surface area contributed by atoms with Crippen LogP contribution in [0, 0.1) is 5.92 Å². The van der Waals surface area contributed by atoms with Gasteiger partial charge in [0.2, 0.25) is 28.6 Å². The van der Waals surface area contributed by atoms with Crippen LogP contribution in [0.4, 0.5) is 5.69 Å². The third kappa shape index (κ3) is 6.88. The van der Waals surface area contributed by atoms with Gasteiger partial charge >= 0.3 is 0 Å². The molecule has 0 aliphatic carbocycles. The fourth-order valence-electron chi connectivity index (χ4n) is 3.78. The molecule has 0 saturated heterocycles. The summed E-state index contributed by atoms with van der Waals surface area (Å²) in [6.45, 7) is 6.05. The van der Waals surface area contributed by atoms with Gasteiger partial charge in [0.1, 0.15) is 12.6 Å². The highest BCUT2D eigenvalue weighted by Crippen LogP contribution is 2.36. The minimum Gasteiger partial charge on any atom is -0.454 e. The van der Waals surface area contributed by atoms with E-state index in [9.17, 15) is 18.0 Å². The van der Waals surface area contributed by atoms with Gasteiger partial charge in [0.05, 0.1) is 11.9 Å². The van der Waals surface area contributed by atoms with E-state index in [2.05, 4.69) is 5.32 Å². The van der Waals surface area contributed by atoms with Gasteiger partial charge in [-0.15, -0.1) is 0 Å². The molecule has 1 N–H and O–H groups in total. The predicted molar refractivity (Wildman–Crippen MR) is 134 cm³/mol. The van der Waals surface area contributed by atoms with Gasteiger partial charge in [-0.25, -0.2) is 8.42 Å². The summed E-state index contributed by atoms with van der Waals surface area (Å²) in [4.78, 5) is 28.1. The molecule has 0 saturated carbocycles. The second kappa shape index (κ2) is 11.4. The summed E-state index contributed by atoms with van der Waals surface area (Å²) in [6, 6.07) is 13.3.